The van der Waals surface area contributed by atoms with Gasteiger partial charge in [0.25, 0.3) is 0 Å². The molecule has 1 aliphatic heterocycles. The molecule has 102 valence electrons. The van der Waals surface area contributed by atoms with E-state index in [9.17, 15) is 0 Å². The SMILES string of the molecule is Cc1ccc(-c2nc3cccnc3n2C2CCNC2)s1. The zero-order valence-electron chi connectivity index (χ0n) is 11.3. The van der Waals surface area contributed by atoms with Crippen LogP contribution in [0.15, 0.2) is 30.5 Å². The van der Waals surface area contributed by atoms with Crippen LogP contribution in [0.4, 0.5) is 0 Å². The van der Waals surface area contributed by atoms with Crippen LogP contribution in [0.3, 0.4) is 0 Å². The lowest BCUT2D eigenvalue weighted by molar-refractivity contribution is 0.564. The summed E-state index contributed by atoms with van der Waals surface area (Å²) >= 11 is 1.80. The molecule has 20 heavy (non-hydrogen) atoms. The van der Waals surface area contributed by atoms with E-state index in [1.165, 1.54) is 9.75 Å². The Balaban J connectivity index is 1.96. The quantitative estimate of drug-likeness (QED) is 0.786. The molecule has 1 atom stereocenters. The van der Waals surface area contributed by atoms with Gasteiger partial charge in [0.2, 0.25) is 0 Å². The maximum absolute atomic E-state index is 4.82. The van der Waals surface area contributed by atoms with Gasteiger partial charge < -0.3 is 9.88 Å². The van der Waals surface area contributed by atoms with Crippen LogP contribution in [0, 0.1) is 6.92 Å². The number of hydrogen-bond donors (Lipinski definition) is 1. The van der Waals surface area contributed by atoms with Gasteiger partial charge in [-0.25, -0.2) is 9.97 Å². The first kappa shape index (κ1) is 12.1. The molecular weight excluding hydrogens is 268 g/mol. The number of imidazole rings is 1. The van der Waals surface area contributed by atoms with Crippen molar-refractivity contribution in [3.63, 3.8) is 0 Å². The minimum Gasteiger partial charge on any atom is -0.315 e. The number of rotatable bonds is 2. The fourth-order valence-electron chi connectivity index (χ4n) is 2.86. The molecule has 5 heteroatoms. The highest BCUT2D eigenvalue weighted by Crippen LogP contribution is 2.33. The molecule has 1 N–H and O–H groups in total. The van der Waals surface area contributed by atoms with Gasteiger partial charge in [-0.3, -0.25) is 0 Å². The van der Waals surface area contributed by atoms with Crippen LogP contribution in [0.2, 0.25) is 0 Å². The number of thiophene rings is 1. The highest BCUT2D eigenvalue weighted by molar-refractivity contribution is 7.15. The topological polar surface area (TPSA) is 42.7 Å². The molecule has 0 amide bonds. The fraction of sp³-hybridized carbons (Fsp3) is 0.333. The van der Waals surface area contributed by atoms with E-state index in [-0.39, 0.29) is 0 Å². The van der Waals surface area contributed by atoms with Crippen molar-refractivity contribution in [3.8, 4) is 10.7 Å². The van der Waals surface area contributed by atoms with Crippen LogP contribution in [-0.4, -0.2) is 27.6 Å². The maximum atomic E-state index is 4.82. The third-order valence-electron chi connectivity index (χ3n) is 3.81. The van der Waals surface area contributed by atoms with Gasteiger partial charge in [-0.1, -0.05) is 0 Å². The van der Waals surface area contributed by atoms with Crippen LogP contribution in [0.5, 0.6) is 0 Å². The lowest BCUT2D eigenvalue weighted by atomic mass is 10.2. The van der Waals surface area contributed by atoms with Crippen LogP contribution < -0.4 is 5.32 Å². The number of pyridine rings is 1. The van der Waals surface area contributed by atoms with Crippen LogP contribution in [0.1, 0.15) is 17.3 Å². The zero-order valence-corrected chi connectivity index (χ0v) is 12.2. The molecule has 0 aromatic carbocycles. The van der Waals surface area contributed by atoms with Crippen LogP contribution >= 0.6 is 11.3 Å². The molecule has 4 nitrogen and oxygen atoms in total. The van der Waals surface area contributed by atoms with Crippen molar-refractivity contribution in [1.82, 2.24) is 19.9 Å². The van der Waals surface area contributed by atoms with E-state index in [1.54, 1.807) is 11.3 Å². The van der Waals surface area contributed by atoms with Gasteiger partial charge in [-0.15, -0.1) is 11.3 Å². The summed E-state index contributed by atoms with van der Waals surface area (Å²) in [4.78, 5) is 11.9. The van der Waals surface area contributed by atoms with E-state index >= 15 is 0 Å². The first-order chi connectivity index (χ1) is 9.83. The number of hydrogen-bond acceptors (Lipinski definition) is 4. The van der Waals surface area contributed by atoms with Gasteiger partial charge in [0, 0.05) is 17.6 Å². The van der Waals surface area contributed by atoms with E-state index in [0.29, 0.717) is 6.04 Å². The Morgan fingerprint density at radius 1 is 1.35 bits per heavy atom. The maximum Gasteiger partial charge on any atom is 0.160 e. The number of aromatic nitrogens is 3. The minimum absolute atomic E-state index is 0.451. The van der Waals surface area contributed by atoms with Gasteiger partial charge in [0.05, 0.1) is 10.9 Å². The molecular formula is C15H16N4S. The third kappa shape index (κ3) is 1.85. The van der Waals surface area contributed by atoms with Gasteiger partial charge in [0.1, 0.15) is 5.52 Å². The third-order valence-corrected chi connectivity index (χ3v) is 4.81. The van der Waals surface area contributed by atoms with E-state index < -0.39 is 0 Å². The first-order valence-electron chi connectivity index (χ1n) is 6.93. The van der Waals surface area contributed by atoms with E-state index in [0.717, 1.165) is 36.5 Å². The molecule has 1 unspecified atom stereocenters. The molecule has 3 aromatic heterocycles. The standard InChI is InChI=1S/C15H16N4S/c1-10-4-5-13(20-10)15-18-12-3-2-7-17-14(12)19(15)11-6-8-16-9-11/h2-5,7,11,16H,6,8-9H2,1H3. The van der Waals surface area contributed by atoms with Crippen molar-refractivity contribution in [3.05, 3.63) is 35.3 Å². The summed E-state index contributed by atoms with van der Waals surface area (Å²) in [6.07, 6.45) is 2.99. The minimum atomic E-state index is 0.451. The molecule has 3 aromatic rings. The summed E-state index contributed by atoms with van der Waals surface area (Å²) in [5.74, 6) is 1.06. The Morgan fingerprint density at radius 2 is 2.30 bits per heavy atom. The molecule has 1 saturated heterocycles. The molecule has 0 bridgehead atoms. The molecule has 4 rings (SSSR count). The Hall–Kier alpha value is -1.72. The number of nitrogens with zero attached hydrogens (tertiary/aromatic N) is 3. The summed E-state index contributed by atoms with van der Waals surface area (Å²) in [6, 6.07) is 8.78. The summed E-state index contributed by atoms with van der Waals surface area (Å²) in [7, 11) is 0. The molecule has 4 heterocycles. The van der Waals surface area contributed by atoms with Crippen LogP contribution in [-0.2, 0) is 0 Å². The van der Waals surface area contributed by atoms with E-state index in [4.69, 9.17) is 4.98 Å². The lowest BCUT2D eigenvalue weighted by Crippen LogP contribution is -2.14. The highest BCUT2D eigenvalue weighted by atomic mass is 32.1. The predicted octanol–water partition coefficient (Wildman–Crippen LogP) is 3.00. The zero-order chi connectivity index (χ0) is 13.5. The second-order valence-electron chi connectivity index (χ2n) is 5.21. The Labute approximate surface area is 121 Å². The van der Waals surface area contributed by atoms with Crippen molar-refractivity contribution >= 4 is 22.5 Å². The van der Waals surface area contributed by atoms with E-state index in [1.807, 2.05) is 18.3 Å². The molecule has 1 aliphatic rings. The van der Waals surface area contributed by atoms with Gasteiger partial charge in [0.15, 0.2) is 11.5 Å². The highest BCUT2D eigenvalue weighted by Gasteiger charge is 2.24. The van der Waals surface area contributed by atoms with Crippen molar-refractivity contribution < 1.29 is 0 Å². The second-order valence-corrected chi connectivity index (χ2v) is 6.50. The molecule has 0 saturated carbocycles. The van der Waals surface area contributed by atoms with Gasteiger partial charge in [-0.2, -0.15) is 0 Å². The molecule has 1 fully saturated rings. The Kier molecular flexibility index (Phi) is 2.82. The largest absolute Gasteiger partial charge is 0.315 e. The van der Waals surface area contributed by atoms with Crippen LogP contribution in [0.25, 0.3) is 21.9 Å². The number of nitrogens with one attached hydrogen (secondary N) is 1. The predicted molar refractivity (Wildman–Crippen MR) is 82.1 cm³/mol. The average Bonchev–Trinajstić information content (AvgIpc) is 3.15. The smallest absolute Gasteiger partial charge is 0.160 e. The number of aryl methyl sites for hydroxylation is 1. The first-order valence-corrected chi connectivity index (χ1v) is 7.75. The summed E-state index contributed by atoms with van der Waals surface area (Å²) < 4.78 is 2.32. The summed E-state index contributed by atoms with van der Waals surface area (Å²) in [6.45, 7) is 4.20. The molecule has 0 spiro atoms. The van der Waals surface area contributed by atoms with Gasteiger partial charge in [-0.05, 0) is 44.2 Å². The Morgan fingerprint density at radius 3 is 3.05 bits per heavy atom. The Bertz CT molecular complexity index is 752. The van der Waals surface area contributed by atoms with Crippen molar-refractivity contribution in [2.75, 3.05) is 13.1 Å². The lowest BCUT2D eigenvalue weighted by Gasteiger charge is -2.14. The van der Waals surface area contributed by atoms with E-state index in [2.05, 4.69) is 33.9 Å². The normalized spacial score (nSPS) is 18.9. The van der Waals surface area contributed by atoms with Gasteiger partial charge >= 0.3 is 0 Å². The van der Waals surface area contributed by atoms with Crippen molar-refractivity contribution in [1.29, 1.82) is 0 Å². The van der Waals surface area contributed by atoms with Crippen molar-refractivity contribution in [2.24, 2.45) is 0 Å². The monoisotopic (exact) mass is 284 g/mol. The van der Waals surface area contributed by atoms with Crippen molar-refractivity contribution in [2.45, 2.75) is 19.4 Å². The number of fused-ring (bicyclic) bond motifs is 1. The molecule has 0 aliphatic carbocycles. The second kappa shape index (κ2) is 4.68. The average molecular weight is 284 g/mol. The summed E-state index contributed by atoms with van der Waals surface area (Å²) in [5.41, 5.74) is 1.99. The summed E-state index contributed by atoms with van der Waals surface area (Å²) in [5, 5.41) is 3.44. The molecule has 0 radical (unpaired) electrons. The fourth-order valence-corrected chi connectivity index (χ4v) is 3.72.